The molecule has 6 heteroatoms. The van der Waals surface area contributed by atoms with Crippen LogP contribution in [0.3, 0.4) is 0 Å². The van der Waals surface area contributed by atoms with Crippen molar-refractivity contribution in [1.82, 2.24) is 5.32 Å². The number of unbranched alkanes of at least 4 members (excludes halogenated alkanes) is 40. The molecule has 0 aliphatic carbocycles. The molecule has 378 valence electrons. The Labute approximate surface area is 399 Å². The van der Waals surface area contributed by atoms with Gasteiger partial charge in [-0.05, 0) is 57.8 Å². The molecular weight excluding hydrogens is 791 g/mol. The third-order valence-corrected chi connectivity index (χ3v) is 13.2. The Morgan fingerprint density at radius 2 is 0.734 bits per heavy atom. The Hall–Kier alpha value is -1.66. The summed E-state index contributed by atoms with van der Waals surface area (Å²) in [5.74, 6) is -0.0867. The lowest BCUT2D eigenvalue weighted by atomic mass is 10.0. The van der Waals surface area contributed by atoms with Crippen LogP contribution in [0.4, 0.5) is 0 Å². The highest BCUT2D eigenvalue weighted by molar-refractivity contribution is 5.76. The second kappa shape index (κ2) is 54.0. The minimum Gasteiger partial charge on any atom is -0.466 e. The van der Waals surface area contributed by atoms with Gasteiger partial charge in [-0.15, -0.1) is 0 Å². The van der Waals surface area contributed by atoms with Crippen LogP contribution < -0.4 is 5.32 Å². The minimum absolute atomic E-state index is 0.00396. The summed E-state index contributed by atoms with van der Waals surface area (Å²) >= 11 is 0. The molecule has 0 bridgehead atoms. The Balaban J connectivity index is 3.51. The summed E-state index contributed by atoms with van der Waals surface area (Å²) in [6, 6.07) is -0.640. The first kappa shape index (κ1) is 62.3. The maximum absolute atomic E-state index is 12.5. The average molecular weight is 903 g/mol. The number of nitrogens with one attached hydrogen (secondary N) is 1. The Morgan fingerprint density at radius 1 is 0.422 bits per heavy atom. The van der Waals surface area contributed by atoms with E-state index in [2.05, 4.69) is 31.3 Å². The molecule has 0 heterocycles. The van der Waals surface area contributed by atoms with Crippen molar-refractivity contribution >= 4 is 11.9 Å². The Kier molecular flexibility index (Phi) is 52.6. The number of carbonyl (C=O) groups is 2. The van der Waals surface area contributed by atoms with Gasteiger partial charge in [-0.1, -0.05) is 263 Å². The van der Waals surface area contributed by atoms with Gasteiger partial charge in [0.25, 0.3) is 0 Å². The average Bonchev–Trinajstić information content (AvgIpc) is 3.29. The molecule has 0 aromatic heterocycles. The molecule has 1 amide bonds. The SMILES string of the molecule is CCCCCCCCCCCCCCCCCCCC/C=C/C(O)C(CO)NC(=O)CCCCCCC/C=C\CCCCCCCCCOC(=O)CCCCCCCCCCCCC. The normalized spacial score (nSPS) is 12.8. The first-order chi connectivity index (χ1) is 31.5. The van der Waals surface area contributed by atoms with Crippen molar-refractivity contribution < 1.29 is 24.5 Å². The van der Waals surface area contributed by atoms with Crippen LogP contribution in [0.2, 0.25) is 0 Å². The number of aliphatic hydroxyl groups excluding tert-OH is 2. The second-order valence-corrected chi connectivity index (χ2v) is 19.6. The Morgan fingerprint density at radius 3 is 1.11 bits per heavy atom. The first-order valence-electron chi connectivity index (χ1n) is 28.6. The summed E-state index contributed by atoms with van der Waals surface area (Å²) in [6.45, 7) is 4.89. The van der Waals surface area contributed by atoms with Gasteiger partial charge in [0, 0.05) is 12.8 Å². The number of carbonyl (C=O) groups excluding carboxylic acids is 2. The van der Waals surface area contributed by atoms with Crippen molar-refractivity contribution in [3.05, 3.63) is 24.3 Å². The van der Waals surface area contributed by atoms with E-state index in [9.17, 15) is 19.8 Å². The number of hydrogen-bond acceptors (Lipinski definition) is 5. The number of ether oxygens (including phenoxy) is 1. The van der Waals surface area contributed by atoms with Crippen LogP contribution in [0.25, 0.3) is 0 Å². The lowest BCUT2D eigenvalue weighted by molar-refractivity contribution is -0.143. The van der Waals surface area contributed by atoms with Crippen LogP contribution >= 0.6 is 0 Å². The van der Waals surface area contributed by atoms with Gasteiger partial charge in [-0.25, -0.2) is 0 Å². The summed E-state index contributed by atoms with van der Waals surface area (Å²) in [4.78, 5) is 24.5. The van der Waals surface area contributed by atoms with Crippen molar-refractivity contribution in [3.8, 4) is 0 Å². The molecule has 0 fully saturated rings. The standard InChI is InChI=1S/C58H111NO5/c1-3-5-7-9-11-13-15-16-17-18-19-20-21-24-27-31-34-38-42-46-50-56(61)55(54-60)59-57(62)51-47-43-39-35-32-28-25-22-23-26-29-33-37-41-45-49-53-64-58(63)52-48-44-40-36-30-14-12-10-8-6-4-2/h22,25,46,50,55-56,60-61H,3-21,23-24,26-45,47-49,51-54H2,1-2H3,(H,59,62)/b25-22-,50-46+. The molecular formula is C58H111NO5. The van der Waals surface area contributed by atoms with Crippen LogP contribution in [0.15, 0.2) is 24.3 Å². The second-order valence-electron chi connectivity index (χ2n) is 19.6. The van der Waals surface area contributed by atoms with E-state index >= 15 is 0 Å². The van der Waals surface area contributed by atoms with Gasteiger partial charge in [0.15, 0.2) is 0 Å². The molecule has 0 aromatic carbocycles. The topological polar surface area (TPSA) is 95.9 Å². The molecule has 0 aromatic rings. The van der Waals surface area contributed by atoms with Crippen molar-refractivity contribution in [2.45, 2.75) is 321 Å². The molecule has 0 spiro atoms. The zero-order valence-corrected chi connectivity index (χ0v) is 43.0. The highest BCUT2D eigenvalue weighted by Crippen LogP contribution is 2.17. The van der Waals surface area contributed by atoms with Gasteiger partial charge < -0.3 is 20.3 Å². The molecule has 0 saturated carbocycles. The van der Waals surface area contributed by atoms with E-state index in [1.54, 1.807) is 6.08 Å². The highest BCUT2D eigenvalue weighted by atomic mass is 16.5. The monoisotopic (exact) mass is 902 g/mol. The molecule has 2 unspecified atom stereocenters. The fourth-order valence-electron chi connectivity index (χ4n) is 8.81. The van der Waals surface area contributed by atoms with Crippen LogP contribution in [0.5, 0.6) is 0 Å². The number of amides is 1. The van der Waals surface area contributed by atoms with E-state index in [1.165, 1.54) is 218 Å². The van der Waals surface area contributed by atoms with Gasteiger partial charge in [0.1, 0.15) is 0 Å². The van der Waals surface area contributed by atoms with Gasteiger partial charge in [-0.3, -0.25) is 9.59 Å². The van der Waals surface area contributed by atoms with E-state index in [0.29, 0.717) is 19.4 Å². The molecule has 0 aliphatic rings. The lowest BCUT2D eigenvalue weighted by Crippen LogP contribution is -2.45. The van der Waals surface area contributed by atoms with Crippen molar-refractivity contribution in [2.24, 2.45) is 0 Å². The van der Waals surface area contributed by atoms with Crippen molar-refractivity contribution in [2.75, 3.05) is 13.2 Å². The van der Waals surface area contributed by atoms with E-state index < -0.39 is 12.1 Å². The van der Waals surface area contributed by atoms with E-state index in [4.69, 9.17) is 4.74 Å². The van der Waals surface area contributed by atoms with Crippen LogP contribution in [-0.4, -0.2) is 47.4 Å². The van der Waals surface area contributed by atoms with Gasteiger partial charge >= 0.3 is 5.97 Å². The van der Waals surface area contributed by atoms with Crippen LogP contribution in [0.1, 0.15) is 309 Å². The molecule has 0 aliphatic heterocycles. The molecule has 64 heavy (non-hydrogen) atoms. The summed E-state index contributed by atoms with van der Waals surface area (Å²) in [6.07, 6.45) is 64.8. The number of aliphatic hydroxyl groups is 2. The molecule has 2 atom stereocenters. The van der Waals surface area contributed by atoms with Gasteiger partial charge in [-0.2, -0.15) is 0 Å². The molecule has 0 saturated heterocycles. The lowest BCUT2D eigenvalue weighted by Gasteiger charge is -2.20. The van der Waals surface area contributed by atoms with E-state index in [1.807, 2.05) is 6.08 Å². The fraction of sp³-hybridized carbons (Fsp3) is 0.897. The summed E-state index contributed by atoms with van der Waals surface area (Å²) in [7, 11) is 0. The highest BCUT2D eigenvalue weighted by Gasteiger charge is 2.18. The van der Waals surface area contributed by atoms with Gasteiger partial charge in [0.2, 0.25) is 5.91 Å². The predicted octanol–water partition coefficient (Wildman–Crippen LogP) is 17.5. The zero-order valence-electron chi connectivity index (χ0n) is 43.0. The smallest absolute Gasteiger partial charge is 0.305 e. The Bertz CT molecular complexity index is 997. The first-order valence-corrected chi connectivity index (χ1v) is 28.6. The fourth-order valence-corrected chi connectivity index (χ4v) is 8.81. The molecule has 0 rings (SSSR count). The van der Waals surface area contributed by atoms with Crippen LogP contribution in [-0.2, 0) is 14.3 Å². The molecule has 0 radical (unpaired) electrons. The number of esters is 1. The largest absolute Gasteiger partial charge is 0.466 e. The number of allylic oxidation sites excluding steroid dienone is 3. The summed E-state index contributed by atoms with van der Waals surface area (Å²) in [5, 5.41) is 23.1. The van der Waals surface area contributed by atoms with Crippen LogP contribution in [0, 0.1) is 0 Å². The maximum atomic E-state index is 12.5. The minimum atomic E-state index is -0.855. The maximum Gasteiger partial charge on any atom is 0.305 e. The summed E-state index contributed by atoms with van der Waals surface area (Å²) < 4.78 is 5.45. The number of hydrogen-bond donors (Lipinski definition) is 3. The summed E-state index contributed by atoms with van der Waals surface area (Å²) in [5.41, 5.74) is 0. The van der Waals surface area contributed by atoms with Crippen molar-refractivity contribution in [3.63, 3.8) is 0 Å². The van der Waals surface area contributed by atoms with E-state index in [-0.39, 0.29) is 18.5 Å². The molecule has 3 N–H and O–H groups in total. The van der Waals surface area contributed by atoms with Gasteiger partial charge in [0.05, 0.1) is 25.4 Å². The van der Waals surface area contributed by atoms with E-state index in [0.717, 1.165) is 64.2 Å². The van der Waals surface area contributed by atoms with Crippen molar-refractivity contribution in [1.29, 1.82) is 0 Å². The quantitative estimate of drug-likeness (QED) is 0.0321. The third-order valence-electron chi connectivity index (χ3n) is 13.2. The zero-order chi connectivity index (χ0) is 46.5. The molecule has 6 nitrogen and oxygen atoms in total. The third kappa shape index (κ3) is 49.8. The number of rotatable bonds is 53. The predicted molar refractivity (Wildman–Crippen MR) is 278 cm³/mol.